The van der Waals surface area contributed by atoms with Crippen molar-refractivity contribution < 1.29 is 9.21 Å². The average molecular weight is 334 g/mol. The molecular formula is C16H18N2O2S2. The topological polar surface area (TPSA) is 46.3 Å². The van der Waals surface area contributed by atoms with Crippen molar-refractivity contribution in [3.63, 3.8) is 0 Å². The molecule has 2 aromatic rings. The molecule has 0 aromatic carbocycles. The summed E-state index contributed by atoms with van der Waals surface area (Å²) in [4.78, 5) is 19.6. The van der Waals surface area contributed by atoms with Gasteiger partial charge in [-0.1, -0.05) is 0 Å². The normalized spacial score (nSPS) is 18.4. The molecule has 6 heteroatoms. The number of hydrogen-bond acceptors (Lipinski definition) is 5. The van der Waals surface area contributed by atoms with Crippen LogP contribution in [0.3, 0.4) is 0 Å². The van der Waals surface area contributed by atoms with Gasteiger partial charge in [0.05, 0.1) is 11.8 Å². The van der Waals surface area contributed by atoms with Crippen molar-refractivity contribution in [2.45, 2.75) is 17.9 Å². The molecule has 1 saturated heterocycles. The van der Waals surface area contributed by atoms with Gasteiger partial charge < -0.3 is 9.32 Å². The van der Waals surface area contributed by atoms with Crippen LogP contribution < -0.4 is 0 Å². The van der Waals surface area contributed by atoms with Gasteiger partial charge in [0.15, 0.2) is 0 Å². The van der Waals surface area contributed by atoms with E-state index in [1.54, 1.807) is 24.2 Å². The van der Waals surface area contributed by atoms with Gasteiger partial charge in [-0.05, 0) is 31.2 Å². The number of furan rings is 1. The van der Waals surface area contributed by atoms with Crippen molar-refractivity contribution in [1.82, 2.24) is 9.88 Å². The fourth-order valence-corrected chi connectivity index (χ4v) is 4.26. The van der Waals surface area contributed by atoms with Gasteiger partial charge in [0, 0.05) is 35.3 Å². The zero-order valence-corrected chi connectivity index (χ0v) is 14.0. The van der Waals surface area contributed by atoms with E-state index in [2.05, 4.69) is 4.98 Å². The molecule has 3 heterocycles. The van der Waals surface area contributed by atoms with Crippen molar-refractivity contribution in [3.05, 3.63) is 48.2 Å². The molecule has 0 radical (unpaired) electrons. The third kappa shape index (κ3) is 3.67. The van der Waals surface area contributed by atoms with E-state index >= 15 is 0 Å². The van der Waals surface area contributed by atoms with E-state index in [4.69, 9.17) is 4.42 Å². The van der Waals surface area contributed by atoms with Crippen LogP contribution in [0.15, 0.2) is 46.0 Å². The average Bonchev–Trinajstić information content (AvgIpc) is 3.00. The van der Waals surface area contributed by atoms with E-state index in [1.807, 2.05) is 47.9 Å². The van der Waals surface area contributed by atoms with E-state index in [9.17, 15) is 4.79 Å². The van der Waals surface area contributed by atoms with E-state index in [1.165, 1.54) is 0 Å². The monoisotopic (exact) mass is 334 g/mol. The van der Waals surface area contributed by atoms with Gasteiger partial charge in [-0.15, -0.1) is 11.8 Å². The Morgan fingerprint density at radius 1 is 1.41 bits per heavy atom. The van der Waals surface area contributed by atoms with Gasteiger partial charge in [0.25, 0.3) is 0 Å². The number of hydrogen-bond donors (Lipinski definition) is 0. The van der Waals surface area contributed by atoms with E-state index < -0.39 is 0 Å². The number of amides is 1. The Morgan fingerprint density at radius 2 is 2.23 bits per heavy atom. The van der Waals surface area contributed by atoms with E-state index in [0.717, 1.165) is 34.5 Å². The predicted molar refractivity (Wildman–Crippen MR) is 90.2 cm³/mol. The molecule has 1 amide bonds. The van der Waals surface area contributed by atoms with Gasteiger partial charge in [0.1, 0.15) is 11.5 Å². The van der Waals surface area contributed by atoms with Crippen LogP contribution in [0.1, 0.15) is 17.6 Å². The first-order valence-electron chi connectivity index (χ1n) is 7.20. The van der Waals surface area contributed by atoms with Crippen molar-refractivity contribution >= 4 is 29.4 Å². The van der Waals surface area contributed by atoms with Gasteiger partial charge >= 0.3 is 0 Å². The lowest BCUT2D eigenvalue weighted by atomic mass is 10.2. The third-order valence-corrected chi connectivity index (χ3v) is 5.57. The van der Waals surface area contributed by atoms with Crippen LogP contribution >= 0.6 is 23.5 Å². The van der Waals surface area contributed by atoms with Gasteiger partial charge in [-0.3, -0.25) is 9.78 Å². The Kier molecular flexibility index (Phi) is 5.10. The molecule has 0 aliphatic carbocycles. The Hall–Kier alpha value is -1.40. The van der Waals surface area contributed by atoms with Crippen molar-refractivity contribution in [2.24, 2.45) is 0 Å². The first-order chi connectivity index (χ1) is 10.7. The summed E-state index contributed by atoms with van der Waals surface area (Å²) in [6.07, 6.45) is 3.50. The molecule has 0 saturated carbocycles. The maximum atomic E-state index is 12.6. The number of nitrogens with zero attached hydrogens (tertiary/aromatic N) is 2. The first-order valence-corrected chi connectivity index (χ1v) is 9.34. The summed E-state index contributed by atoms with van der Waals surface area (Å²) in [6.45, 7) is 2.72. The summed E-state index contributed by atoms with van der Waals surface area (Å²) in [5.74, 6) is 4.29. The minimum absolute atomic E-state index is 0.0537. The summed E-state index contributed by atoms with van der Waals surface area (Å²) in [5.41, 5.74) is 0. The van der Waals surface area contributed by atoms with Crippen molar-refractivity contribution in [1.29, 1.82) is 0 Å². The second-order valence-electron chi connectivity index (χ2n) is 5.10. The molecule has 0 spiro atoms. The smallest absolute Gasteiger partial charge is 0.233 e. The van der Waals surface area contributed by atoms with Crippen LogP contribution in [0.2, 0.25) is 0 Å². The number of carbonyl (C=O) groups is 1. The molecule has 0 N–H and O–H groups in total. The number of aromatic nitrogens is 1. The number of carbonyl (C=O) groups excluding carboxylic acids is 1. The first kappa shape index (κ1) is 15.5. The highest BCUT2D eigenvalue weighted by atomic mass is 32.2. The lowest BCUT2D eigenvalue weighted by Crippen LogP contribution is -2.41. The van der Waals surface area contributed by atoms with Crippen molar-refractivity contribution in [3.8, 4) is 0 Å². The highest BCUT2D eigenvalue weighted by Gasteiger charge is 2.30. The summed E-state index contributed by atoms with van der Waals surface area (Å²) < 4.78 is 5.74. The molecule has 1 fully saturated rings. The molecule has 4 nitrogen and oxygen atoms in total. The molecule has 1 aliphatic heterocycles. The highest BCUT2D eigenvalue weighted by molar-refractivity contribution is 8.00. The Balaban J connectivity index is 1.66. The fraction of sp³-hybridized carbons (Fsp3) is 0.375. The molecule has 0 bridgehead atoms. The third-order valence-electron chi connectivity index (χ3n) is 3.55. The maximum Gasteiger partial charge on any atom is 0.233 e. The largest absolute Gasteiger partial charge is 0.464 e. The van der Waals surface area contributed by atoms with Crippen molar-refractivity contribution in [2.75, 3.05) is 23.8 Å². The summed E-state index contributed by atoms with van der Waals surface area (Å²) in [7, 11) is 0. The number of thioether (sulfide) groups is 2. The summed E-state index contributed by atoms with van der Waals surface area (Å²) >= 11 is 3.43. The Labute approximate surface area is 138 Å². The van der Waals surface area contributed by atoms with E-state index in [0.29, 0.717) is 5.75 Å². The van der Waals surface area contributed by atoms with Gasteiger partial charge in [-0.2, -0.15) is 11.8 Å². The zero-order valence-electron chi connectivity index (χ0n) is 12.4. The van der Waals surface area contributed by atoms with Crippen LogP contribution in [0.25, 0.3) is 0 Å². The lowest BCUT2D eigenvalue weighted by molar-refractivity contribution is -0.130. The number of aryl methyl sites for hydroxylation is 1. The molecule has 116 valence electrons. The van der Waals surface area contributed by atoms with E-state index in [-0.39, 0.29) is 11.9 Å². The Morgan fingerprint density at radius 3 is 2.95 bits per heavy atom. The SMILES string of the molecule is Cc1ccc([C@@H]2CSCCN2C(=O)CSc2ccncc2)o1. The van der Waals surface area contributed by atoms with Crippen LogP contribution in [0.5, 0.6) is 0 Å². The molecule has 3 rings (SSSR count). The summed E-state index contributed by atoms with van der Waals surface area (Å²) in [6, 6.07) is 7.86. The van der Waals surface area contributed by atoms with Gasteiger partial charge in [-0.25, -0.2) is 0 Å². The standard InChI is InChI=1S/C16H18N2O2S2/c1-12-2-3-15(20-12)14-10-21-9-8-18(14)16(19)11-22-13-4-6-17-7-5-13/h2-7,14H,8-11H2,1H3/t14-/m0/s1. The number of rotatable bonds is 4. The molecule has 2 aromatic heterocycles. The second-order valence-corrected chi connectivity index (χ2v) is 7.30. The minimum Gasteiger partial charge on any atom is -0.464 e. The quantitative estimate of drug-likeness (QED) is 0.802. The molecule has 1 atom stereocenters. The molecule has 0 unspecified atom stereocenters. The molecule has 1 aliphatic rings. The fourth-order valence-electron chi connectivity index (χ4n) is 2.43. The Bertz CT molecular complexity index is 630. The van der Waals surface area contributed by atoms with Crippen LogP contribution in [-0.4, -0.2) is 39.6 Å². The minimum atomic E-state index is 0.0537. The predicted octanol–water partition coefficient (Wildman–Crippen LogP) is 3.39. The molecule has 22 heavy (non-hydrogen) atoms. The second kappa shape index (κ2) is 7.24. The lowest BCUT2D eigenvalue weighted by Gasteiger charge is -2.34. The highest BCUT2D eigenvalue weighted by Crippen LogP contribution is 2.31. The number of pyridine rings is 1. The summed E-state index contributed by atoms with van der Waals surface area (Å²) in [5, 5.41) is 0. The van der Waals surface area contributed by atoms with Gasteiger partial charge in [0.2, 0.25) is 5.91 Å². The van der Waals surface area contributed by atoms with Crippen LogP contribution in [-0.2, 0) is 4.79 Å². The zero-order chi connectivity index (χ0) is 15.4. The maximum absolute atomic E-state index is 12.6. The molecular weight excluding hydrogens is 316 g/mol. The van der Waals surface area contributed by atoms with Crippen LogP contribution in [0, 0.1) is 6.92 Å². The van der Waals surface area contributed by atoms with Crippen LogP contribution in [0.4, 0.5) is 0 Å².